The van der Waals surface area contributed by atoms with Gasteiger partial charge in [0.15, 0.2) is 11.6 Å². The molecule has 3 N–H and O–H groups in total. The summed E-state index contributed by atoms with van der Waals surface area (Å²) < 4.78 is 18.7. The van der Waals surface area contributed by atoms with Gasteiger partial charge in [-0.3, -0.25) is 0 Å². The fraction of sp³-hybridized carbons (Fsp3) is 0.538. The van der Waals surface area contributed by atoms with E-state index in [0.717, 1.165) is 5.69 Å². The second kappa shape index (κ2) is 6.45. The minimum Gasteiger partial charge on any atom is -0.491 e. The van der Waals surface area contributed by atoms with Gasteiger partial charge in [0.25, 0.3) is 0 Å². The molecule has 1 aromatic rings. The largest absolute Gasteiger partial charge is 0.491 e. The molecular weight excluding hydrogens is 219 g/mol. The van der Waals surface area contributed by atoms with Crippen molar-refractivity contribution in [1.29, 1.82) is 0 Å². The molecule has 0 fully saturated rings. The zero-order valence-electron chi connectivity index (χ0n) is 10.7. The van der Waals surface area contributed by atoms with Crippen LogP contribution in [0.15, 0.2) is 18.2 Å². The first kappa shape index (κ1) is 13.8. The van der Waals surface area contributed by atoms with Crippen LogP contribution in [-0.4, -0.2) is 19.2 Å². The maximum absolute atomic E-state index is 13.6. The molecule has 1 atom stereocenters. The molecule has 1 rings (SSSR count). The van der Waals surface area contributed by atoms with Gasteiger partial charge in [0, 0.05) is 24.3 Å². The number of nitrogens with one attached hydrogen (secondary N) is 1. The number of halogens is 1. The lowest BCUT2D eigenvalue weighted by molar-refractivity contribution is 0.321. The Morgan fingerprint density at radius 1 is 1.41 bits per heavy atom. The van der Waals surface area contributed by atoms with E-state index < -0.39 is 0 Å². The highest BCUT2D eigenvalue weighted by Gasteiger charge is 2.12. The SMILES string of the molecule is CCOc1ccc(NC(CN)C(C)C)cc1F. The number of anilines is 1. The van der Waals surface area contributed by atoms with Gasteiger partial charge >= 0.3 is 0 Å². The van der Waals surface area contributed by atoms with E-state index in [4.69, 9.17) is 10.5 Å². The van der Waals surface area contributed by atoms with E-state index >= 15 is 0 Å². The summed E-state index contributed by atoms with van der Waals surface area (Å²) in [5.41, 5.74) is 6.39. The van der Waals surface area contributed by atoms with E-state index in [1.807, 2.05) is 6.92 Å². The van der Waals surface area contributed by atoms with E-state index in [2.05, 4.69) is 19.2 Å². The van der Waals surface area contributed by atoms with Crippen LogP contribution in [0.1, 0.15) is 20.8 Å². The quantitative estimate of drug-likeness (QED) is 0.803. The van der Waals surface area contributed by atoms with E-state index in [1.165, 1.54) is 6.07 Å². The summed E-state index contributed by atoms with van der Waals surface area (Å²) in [4.78, 5) is 0. The molecule has 4 heteroatoms. The Labute approximate surface area is 102 Å². The topological polar surface area (TPSA) is 47.3 Å². The van der Waals surface area contributed by atoms with Crippen molar-refractivity contribution in [2.45, 2.75) is 26.8 Å². The number of hydrogen-bond acceptors (Lipinski definition) is 3. The average Bonchev–Trinajstić information content (AvgIpc) is 2.29. The van der Waals surface area contributed by atoms with Crippen molar-refractivity contribution in [2.24, 2.45) is 11.7 Å². The Morgan fingerprint density at radius 2 is 2.12 bits per heavy atom. The molecule has 0 spiro atoms. The zero-order valence-corrected chi connectivity index (χ0v) is 10.7. The van der Waals surface area contributed by atoms with Gasteiger partial charge in [-0.1, -0.05) is 13.8 Å². The van der Waals surface area contributed by atoms with Crippen LogP contribution in [0.5, 0.6) is 5.75 Å². The molecule has 0 aromatic heterocycles. The minimum atomic E-state index is -0.351. The number of hydrogen-bond donors (Lipinski definition) is 2. The van der Waals surface area contributed by atoms with Crippen LogP contribution in [0.2, 0.25) is 0 Å². The fourth-order valence-electron chi connectivity index (χ4n) is 1.58. The van der Waals surface area contributed by atoms with Crippen molar-refractivity contribution in [3.05, 3.63) is 24.0 Å². The Balaban J connectivity index is 2.76. The molecular formula is C13H21FN2O. The first-order chi connectivity index (χ1) is 8.08. The number of rotatable bonds is 6. The lowest BCUT2D eigenvalue weighted by atomic mass is 10.0. The molecule has 0 saturated heterocycles. The van der Waals surface area contributed by atoms with Gasteiger partial charge in [0.05, 0.1) is 6.61 Å². The molecule has 0 radical (unpaired) electrons. The molecule has 96 valence electrons. The molecule has 3 nitrogen and oxygen atoms in total. The summed E-state index contributed by atoms with van der Waals surface area (Å²) in [5.74, 6) is 0.331. The van der Waals surface area contributed by atoms with Crippen LogP contribution in [0.4, 0.5) is 10.1 Å². The number of nitrogens with two attached hydrogens (primary N) is 1. The molecule has 0 amide bonds. The van der Waals surface area contributed by atoms with Gasteiger partial charge in [-0.05, 0) is 25.0 Å². The molecule has 0 bridgehead atoms. The maximum atomic E-state index is 13.6. The second-order valence-electron chi connectivity index (χ2n) is 4.31. The third-order valence-electron chi connectivity index (χ3n) is 2.64. The van der Waals surface area contributed by atoms with E-state index in [-0.39, 0.29) is 17.6 Å². The molecule has 0 aliphatic heterocycles. The summed E-state index contributed by atoms with van der Waals surface area (Å²) >= 11 is 0. The Hall–Kier alpha value is -1.29. The summed E-state index contributed by atoms with van der Waals surface area (Å²) in [6, 6.07) is 5.02. The normalized spacial score (nSPS) is 12.6. The van der Waals surface area contributed by atoms with Gasteiger partial charge < -0.3 is 15.8 Å². The summed E-state index contributed by atoms with van der Waals surface area (Å²) in [6.45, 7) is 6.97. The standard InChI is InChI=1S/C13H21FN2O/c1-4-17-13-6-5-10(7-11(13)14)16-12(8-15)9(2)3/h5-7,9,12,16H,4,8,15H2,1-3H3. The minimum absolute atomic E-state index is 0.146. The van der Waals surface area contributed by atoms with Gasteiger partial charge in [0.1, 0.15) is 0 Å². The first-order valence-electron chi connectivity index (χ1n) is 5.97. The van der Waals surface area contributed by atoms with E-state index in [9.17, 15) is 4.39 Å². The molecule has 0 aliphatic carbocycles. The van der Waals surface area contributed by atoms with Crippen molar-refractivity contribution in [2.75, 3.05) is 18.5 Å². The highest BCUT2D eigenvalue weighted by Crippen LogP contribution is 2.22. The summed E-state index contributed by atoms with van der Waals surface area (Å²) in [5, 5.41) is 3.22. The summed E-state index contributed by atoms with van der Waals surface area (Å²) in [7, 11) is 0. The monoisotopic (exact) mass is 240 g/mol. The van der Waals surface area contributed by atoms with Crippen LogP contribution in [0, 0.1) is 11.7 Å². The first-order valence-corrected chi connectivity index (χ1v) is 5.97. The van der Waals surface area contributed by atoms with Crippen LogP contribution in [-0.2, 0) is 0 Å². The Bertz CT molecular complexity index is 355. The van der Waals surface area contributed by atoms with Crippen LogP contribution in [0.3, 0.4) is 0 Å². The lowest BCUT2D eigenvalue weighted by Crippen LogP contribution is -2.33. The van der Waals surface area contributed by atoms with Gasteiger partial charge in [-0.15, -0.1) is 0 Å². The number of benzene rings is 1. The zero-order chi connectivity index (χ0) is 12.8. The summed E-state index contributed by atoms with van der Waals surface area (Å²) in [6.07, 6.45) is 0. The third-order valence-corrected chi connectivity index (χ3v) is 2.64. The Kier molecular flexibility index (Phi) is 5.22. The van der Waals surface area contributed by atoms with Crippen LogP contribution in [0.25, 0.3) is 0 Å². The van der Waals surface area contributed by atoms with Crippen molar-refractivity contribution in [3.8, 4) is 5.75 Å². The molecule has 1 unspecified atom stereocenters. The highest BCUT2D eigenvalue weighted by molar-refractivity contribution is 5.48. The molecule has 17 heavy (non-hydrogen) atoms. The van der Waals surface area contributed by atoms with E-state index in [0.29, 0.717) is 19.1 Å². The van der Waals surface area contributed by atoms with Gasteiger partial charge in [-0.2, -0.15) is 0 Å². The second-order valence-corrected chi connectivity index (χ2v) is 4.31. The van der Waals surface area contributed by atoms with Crippen LogP contribution < -0.4 is 15.8 Å². The third kappa shape index (κ3) is 3.89. The van der Waals surface area contributed by atoms with Crippen molar-refractivity contribution in [1.82, 2.24) is 0 Å². The molecule has 0 saturated carbocycles. The van der Waals surface area contributed by atoms with Crippen molar-refractivity contribution < 1.29 is 9.13 Å². The van der Waals surface area contributed by atoms with Crippen molar-refractivity contribution >= 4 is 5.69 Å². The van der Waals surface area contributed by atoms with E-state index in [1.54, 1.807) is 12.1 Å². The fourth-order valence-corrected chi connectivity index (χ4v) is 1.58. The lowest BCUT2D eigenvalue weighted by Gasteiger charge is -2.22. The Morgan fingerprint density at radius 3 is 2.59 bits per heavy atom. The highest BCUT2D eigenvalue weighted by atomic mass is 19.1. The number of ether oxygens (including phenoxy) is 1. The van der Waals surface area contributed by atoms with Gasteiger partial charge in [-0.25, -0.2) is 4.39 Å². The maximum Gasteiger partial charge on any atom is 0.167 e. The molecule has 0 aliphatic rings. The smallest absolute Gasteiger partial charge is 0.167 e. The van der Waals surface area contributed by atoms with Gasteiger partial charge in [0.2, 0.25) is 0 Å². The predicted octanol–water partition coefficient (Wildman–Crippen LogP) is 2.62. The molecule has 0 heterocycles. The molecule has 1 aromatic carbocycles. The van der Waals surface area contributed by atoms with Crippen LogP contribution >= 0.6 is 0 Å². The van der Waals surface area contributed by atoms with Crippen molar-refractivity contribution in [3.63, 3.8) is 0 Å². The average molecular weight is 240 g/mol. The predicted molar refractivity (Wildman–Crippen MR) is 68.9 cm³/mol.